The molecule has 1 fully saturated rings. The van der Waals surface area contributed by atoms with E-state index in [1.807, 2.05) is 7.05 Å². The second kappa shape index (κ2) is 8.69. The summed E-state index contributed by atoms with van der Waals surface area (Å²) in [5.41, 5.74) is 8.70. The number of nitrogen functional groups attached to an aromatic ring is 1. The van der Waals surface area contributed by atoms with E-state index >= 15 is 0 Å². The summed E-state index contributed by atoms with van der Waals surface area (Å²) in [5, 5.41) is 15.7. The summed E-state index contributed by atoms with van der Waals surface area (Å²) in [6.07, 6.45) is 4.24. The van der Waals surface area contributed by atoms with Gasteiger partial charge < -0.3 is 21.3 Å². The van der Waals surface area contributed by atoms with E-state index in [0.29, 0.717) is 23.2 Å². The Morgan fingerprint density at radius 1 is 1.30 bits per heavy atom. The van der Waals surface area contributed by atoms with Gasteiger partial charge in [-0.2, -0.15) is 10.2 Å². The molecular weight excluding hydrogens is 338 g/mol. The number of hydrogen-bond donors (Lipinski definition) is 3. The number of nitriles is 1. The van der Waals surface area contributed by atoms with Gasteiger partial charge in [-0.3, -0.25) is 0 Å². The Balaban J connectivity index is 1.88. The molecule has 1 saturated heterocycles. The van der Waals surface area contributed by atoms with E-state index in [2.05, 4.69) is 39.6 Å². The van der Waals surface area contributed by atoms with Gasteiger partial charge in [0, 0.05) is 42.3 Å². The minimum atomic E-state index is 0.488. The lowest BCUT2D eigenvalue weighted by Gasteiger charge is -2.19. The van der Waals surface area contributed by atoms with Crippen LogP contribution in [0.1, 0.15) is 37.4 Å². The number of benzene rings is 1. The van der Waals surface area contributed by atoms with E-state index in [-0.39, 0.29) is 0 Å². The molecule has 0 spiro atoms. The Labute approximate surface area is 160 Å². The maximum absolute atomic E-state index is 9.15. The topological polar surface area (TPSA) is 103 Å². The molecule has 4 N–H and O–H groups in total. The van der Waals surface area contributed by atoms with Gasteiger partial charge in [0.15, 0.2) is 0 Å². The summed E-state index contributed by atoms with van der Waals surface area (Å²) in [4.78, 5) is 11.7. The van der Waals surface area contributed by atoms with E-state index in [1.54, 1.807) is 18.2 Å². The average molecular weight is 365 g/mol. The molecule has 1 aromatic carbocycles. The predicted molar refractivity (Wildman–Crippen MR) is 109 cm³/mol. The van der Waals surface area contributed by atoms with Crippen LogP contribution < -0.4 is 21.3 Å². The Hall–Kier alpha value is -2.85. The molecule has 27 heavy (non-hydrogen) atoms. The molecule has 0 amide bonds. The zero-order valence-corrected chi connectivity index (χ0v) is 16.0. The van der Waals surface area contributed by atoms with Crippen molar-refractivity contribution in [3.63, 3.8) is 0 Å². The molecule has 0 unspecified atom stereocenters. The molecular formula is C20H27N7. The summed E-state index contributed by atoms with van der Waals surface area (Å²) in [5.74, 6) is 1.49. The molecule has 1 atom stereocenters. The molecule has 0 aliphatic carbocycles. The van der Waals surface area contributed by atoms with Gasteiger partial charge in [-0.05, 0) is 44.5 Å². The smallest absolute Gasteiger partial charge is 0.229 e. The maximum atomic E-state index is 9.15. The van der Waals surface area contributed by atoms with Crippen LogP contribution >= 0.6 is 0 Å². The number of likely N-dealkylation sites (N-methyl/N-ethyl adjacent to an activating group) is 1. The van der Waals surface area contributed by atoms with Gasteiger partial charge >= 0.3 is 0 Å². The van der Waals surface area contributed by atoms with Gasteiger partial charge in [-0.15, -0.1) is 0 Å². The summed E-state index contributed by atoms with van der Waals surface area (Å²) in [7, 11) is 2.00. The molecule has 0 bridgehead atoms. The standard InChI is InChI=1S/C20H27N7/c1-3-4-5-16-11-19(27-7-6-17(13-27)23-2)26-20(24-16)25-18-9-14(12-21)8-15(22)10-18/h8-11,17,23H,3-7,13,22H2,1-2H3,(H,24,25,26)/t17-/m0/s1. The number of rotatable bonds is 7. The van der Waals surface area contributed by atoms with Crippen LogP contribution in [0.25, 0.3) is 0 Å². The Bertz CT molecular complexity index is 828. The molecule has 2 heterocycles. The van der Waals surface area contributed by atoms with Gasteiger partial charge in [-0.1, -0.05) is 13.3 Å². The number of anilines is 4. The summed E-state index contributed by atoms with van der Waals surface area (Å²) >= 11 is 0. The number of nitrogens with zero attached hydrogens (tertiary/aromatic N) is 4. The van der Waals surface area contributed by atoms with Gasteiger partial charge in [-0.25, -0.2) is 4.98 Å². The summed E-state index contributed by atoms with van der Waals surface area (Å²) in [6, 6.07) is 9.90. The Morgan fingerprint density at radius 2 is 2.15 bits per heavy atom. The number of hydrogen-bond acceptors (Lipinski definition) is 7. The van der Waals surface area contributed by atoms with Crippen LogP contribution in [0.4, 0.5) is 23.1 Å². The highest BCUT2D eigenvalue weighted by Gasteiger charge is 2.23. The fraction of sp³-hybridized carbons (Fsp3) is 0.450. The van der Waals surface area contributed by atoms with E-state index in [9.17, 15) is 0 Å². The summed E-state index contributed by atoms with van der Waals surface area (Å²) in [6.45, 7) is 4.10. The van der Waals surface area contributed by atoms with E-state index in [1.165, 1.54) is 0 Å². The predicted octanol–water partition coefficient (Wildman–Crippen LogP) is 2.81. The van der Waals surface area contributed by atoms with Crippen molar-refractivity contribution >= 4 is 23.1 Å². The molecule has 1 aromatic heterocycles. The second-order valence-corrected chi connectivity index (χ2v) is 6.95. The van der Waals surface area contributed by atoms with Crippen LogP contribution in [0, 0.1) is 11.3 Å². The fourth-order valence-electron chi connectivity index (χ4n) is 3.31. The molecule has 0 radical (unpaired) electrons. The molecule has 7 nitrogen and oxygen atoms in total. The van der Waals surface area contributed by atoms with Crippen LogP contribution in [0.3, 0.4) is 0 Å². The van der Waals surface area contributed by atoms with Gasteiger partial charge in [0.1, 0.15) is 5.82 Å². The highest BCUT2D eigenvalue weighted by atomic mass is 15.3. The monoisotopic (exact) mass is 365 g/mol. The number of aryl methyl sites for hydroxylation is 1. The third kappa shape index (κ3) is 4.86. The number of unbranched alkanes of at least 4 members (excludes halogenated alkanes) is 1. The van der Waals surface area contributed by atoms with Crippen molar-refractivity contribution in [3.8, 4) is 6.07 Å². The van der Waals surface area contributed by atoms with Crippen LogP contribution in [0.15, 0.2) is 24.3 Å². The van der Waals surface area contributed by atoms with Crippen LogP contribution in [-0.4, -0.2) is 36.1 Å². The molecule has 7 heteroatoms. The average Bonchev–Trinajstić information content (AvgIpc) is 3.15. The minimum absolute atomic E-state index is 0.488. The number of nitrogens with one attached hydrogen (secondary N) is 2. The van der Waals surface area contributed by atoms with Crippen LogP contribution in [0.2, 0.25) is 0 Å². The first kappa shape index (κ1) is 18.9. The first-order valence-electron chi connectivity index (χ1n) is 9.49. The highest BCUT2D eigenvalue weighted by molar-refractivity contribution is 5.64. The van der Waals surface area contributed by atoms with E-state index < -0.39 is 0 Å². The molecule has 3 rings (SSSR count). The lowest BCUT2D eigenvalue weighted by Crippen LogP contribution is -2.30. The molecule has 142 valence electrons. The minimum Gasteiger partial charge on any atom is -0.399 e. The molecule has 0 saturated carbocycles. The maximum Gasteiger partial charge on any atom is 0.229 e. The second-order valence-electron chi connectivity index (χ2n) is 6.95. The lowest BCUT2D eigenvalue weighted by molar-refractivity contribution is 0.616. The van der Waals surface area contributed by atoms with E-state index in [0.717, 1.165) is 56.0 Å². The SMILES string of the molecule is CCCCc1cc(N2CC[C@H](NC)C2)nc(Nc2cc(N)cc(C#N)c2)n1. The van der Waals surface area contributed by atoms with Crippen LogP contribution in [-0.2, 0) is 6.42 Å². The normalized spacial score (nSPS) is 16.3. The number of aromatic nitrogens is 2. The molecule has 2 aromatic rings. The third-order valence-corrected chi connectivity index (χ3v) is 4.81. The first-order valence-corrected chi connectivity index (χ1v) is 9.49. The van der Waals surface area contributed by atoms with Crippen molar-refractivity contribution in [2.75, 3.05) is 36.1 Å². The zero-order valence-electron chi connectivity index (χ0n) is 16.0. The molecule has 1 aliphatic rings. The first-order chi connectivity index (χ1) is 13.1. The van der Waals surface area contributed by atoms with Crippen molar-refractivity contribution in [1.82, 2.24) is 15.3 Å². The van der Waals surface area contributed by atoms with Crippen molar-refractivity contribution in [3.05, 3.63) is 35.5 Å². The van der Waals surface area contributed by atoms with E-state index in [4.69, 9.17) is 16.0 Å². The lowest BCUT2D eigenvalue weighted by atomic mass is 10.2. The Morgan fingerprint density at radius 3 is 2.85 bits per heavy atom. The zero-order chi connectivity index (χ0) is 19.2. The van der Waals surface area contributed by atoms with Crippen LogP contribution in [0.5, 0.6) is 0 Å². The van der Waals surface area contributed by atoms with Crippen molar-refractivity contribution in [2.45, 2.75) is 38.6 Å². The Kier molecular flexibility index (Phi) is 6.09. The quantitative estimate of drug-likeness (QED) is 0.648. The van der Waals surface area contributed by atoms with Crippen molar-refractivity contribution in [1.29, 1.82) is 5.26 Å². The fourth-order valence-corrected chi connectivity index (χ4v) is 3.31. The largest absolute Gasteiger partial charge is 0.399 e. The van der Waals surface area contributed by atoms with Crippen molar-refractivity contribution < 1.29 is 0 Å². The number of nitrogens with two attached hydrogens (primary N) is 1. The van der Waals surface area contributed by atoms with Gasteiger partial charge in [0.25, 0.3) is 0 Å². The molecule has 1 aliphatic heterocycles. The van der Waals surface area contributed by atoms with Gasteiger partial charge in [0.2, 0.25) is 5.95 Å². The summed E-state index contributed by atoms with van der Waals surface area (Å²) < 4.78 is 0. The van der Waals surface area contributed by atoms with Gasteiger partial charge in [0.05, 0.1) is 11.6 Å². The van der Waals surface area contributed by atoms with Crippen molar-refractivity contribution in [2.24, 2.45) is 0 Å². The highest BCUT2D eigenvalue weighted by Crippen LogP contribution is 2.24. The third-order valence-electron chi connectivity index (χ3n) is 4.81.